The molecular formula is C16H16N2O4. The second-order valence-electron chi connectivity index (χ2n) is 5.56. The minimum atomic E-state index is -0.480. The van der Waals surface area contributed by atoms with E-state index in [-0.39, 0.29) is 17.3 Å². The summed E-state index contributed by atoms with van der Waals surface area (Å²) < 4.78 is 5.27. The van der Waals surface area contributed by atoms with Crippen LogP contribution in [0.4, 0.5) is 5.69 Å². The van der Waals surface area contributed by atoms with Gasteiger partial charge in [-0.2, -0.15) is 0 Å². The molecule has 0 amide bonds. The van der Waals surface area contributed by atoms with E-state index in [4.69, 9.17) is 4.74 Å². The molecule has 0 unspecified atom stereocenters. The third kappa shape index (κ3) is 3.05. The van der Waals surface area contributed by atoms with Crippen molar-refractivity contribution in [3.63, 3.8) is 0 Å². The Hall–Kier alpha value is -2.50. The fraction of sp³-hybridized carbons (Fsp3) is 0.375. The summed E-state index contributed by atoms with van der Waals surface area (Å²) in [5, 5.41) is 10.8. The maximum absolute atomic E-state index is 11.9. The number of carbonyl (C=O) groups excluding carboxylic acids is 1. The molecule has 0 atom stereocenters. The third-order valence-electron chi connectivity index (χ3n) is 3.98. The summed E-state index contributed by atoms with van der Waals surface area (Å²) in [6, 6.07) is 6.10. The lowest BCUT2D eigenvalue weighted by atomic mass is 9.89. The van der Waals surface area contributed by atoms with Crippen LogP contribution in [0.15, 0.2) is 35.0 Å². The van der Waals surface area contributed by atoms with E-state index in [1.54, 1.807) is 12.1 Å². The van der Waals surface area contributed by atoms with Gasteiger partial charge in [-0.05, 0) is 24.5 Å². The fourth-order valence-corrected chi connectivity index (χ4v) is 2.84. The molecule has 0 radical (unpaired) electrons. The fourth-order valence-electron chi connectivity index (χ4n) is 2.84. The van der Waals surface area contributed by atoms with E-state index in [1.165, 1.54) is 24.6 Å². The van der Waals surface area contributed by atoms with Gasteiger partial charge in [-0.25, -0.2) is 9.79 Å². The first kappa shape index (κ1) is 14.4. The zero-order valence-electron chi connectivity index (χ0n) is 12.0. The predicted molar refractivity (Wildman–Crippen MR) is 81.2 cm³/mol. The second-order valence-corrected chi connectivity index (χ2v) is 5.56. The number of aliphatic imine (C=N–C) groups is 1. The van der Waals surface area contributed by atoms with Gasteiger partial charge >= 0.3 is 5.97 Å². The summed E-state index contributed by atoms with van der Waals surface area (Å²) >= 11 is 0. The number of ether oxygens (including phenoxy) is 1. The maximum atomic E-state index is 11.9. The largest absolute Gasteiger partial charge is 0.406 e. The van der Waals surface area contributed by atoms with E-state index < -0.39 is 10.9 Å². The second kappa shape index (κ2) is 6.09. The van der Waals surface area contributed by atoms with E-state index in [2.05, 4.69) is 4.99 Å². The Labute approximate surface area is 127 Å². The van der Waals surface area contributed by atoms with Crippen molar-refractivity contribution in [2.45, 2.75) is 32.1 Å². The van der Waals surface area contributed by atoms with Crippen molar-refractivity contribution in [1.29, 1.82) is 0 Å². The number of hydrogen-bond donors (Lipinski definition) is 0. The van der Waals surface area contributed by atoms with E-state index in [1.807, 2.05) is 0 Å². The van der Waals surface area contributed by atoms with Gasteiger partial charge in [0.05, 0.1) is 4.92 Å². The van der Waals surface area contributed by atoms with Crippen molar-refractivity contribution in [3.05, 3.63) is 45.6 Å². The Bertz CT molecular complexity index is 672. The van der Waals surface area contributed by atoms with E-state index >= 15 is 0 Å². The molecular weight excluding hydrogens is 284 g/mol. The molecule has 22 heavy (non-hydrogen) atoms. The normalized spacial score (nSPS) is 20.8. The van der Waals surface area contributed by atoms with Gasteiger partial charge in [-0.1, -0.05) is 31.4 Å². The van der Waals surface area contributed by atoms with Gasteiger partial charge in [0.1, 0.15) is 0 Å². The number of esters is 1. The van der Waals surface area contributed by atoms with Crippen LogP contribution in [-0.4, -0.2) is 16.8 Å². The molecule has 114 valence electrons. The number of nitro benzene ring substituents is 1. The van der Waals surface area contributed by atoms with Crippen LogP contribution in [0.1, 0.15) is 37.7 Å². The van der Waals surface area contributed by atoms with Crippen LogP contribution in [0, 0.1) is 16.0 Å². The molecule has 0 aromatic heterocycles. The first-order valence-electron chi connectivity index (χ1n) is 7.40. The molecule has 3 rings (SSSR count). The topological polar surface area (TPSA) is 81.8 Å². The van der Waals surface area contributed by atoms with Gasteiger partial charge in [0, 0.05) is 18.1 Å². The SMILES string of the molecule is O=C1OC(C2CCCCC2)=N/C1=C\c1cccc([N+](=O)[O-])c1. The van der Waals surface area contributed by atoms with Crippen LogP contribution in [0.2, 0.25) is 0 Å². The Morgan fingerprint density at radius 1 is 1.27 bits per heavy atom. The molecule has 1 saturated carbocycles. The lowest BCUT2D eigenvalue weighted by Crippen LogP contribution is -2.19. The van der Waals surface area contributed by atoms with Crippen molar-refractivity contribution in [3.8, 4) is 0 Å². The van der Waals surface area contributed by atoms with Gasteiger partial charge in [-0.15, -0.1) is 0 Å². The molecule has 2 aliphatic rings. The minimum absolute atomic E-state index is 0.0165. The molecule has 1 aliphatic carbocycles. The first-order valence-corrected chi connectivity index (χ1v) is 7.40. The molecule has 6 heteroatoms. The number of non-ortho nitro benzene ring substituents is 1. The maximum Gasteiger partial charge on any atom is 0.363 e. The van der Waals surface area contributed by atoms with Crippen molar-refractivity contribution >= 4 is 23.6 Å². The summed E-state index contributed by atoms with van der Waals surface area (Å²) in [6.45, 7) is 0. The average molecular weight is 300 g/mol. The van der Waals surface area contributed by atoms with Crippen molar-refractivity contribution in [2.24, 2.45) is 10.9 Å². The first-order chi connectivity index (χ1) is 10.6. The number of carbonyl (C=O) groups is 1. The highest BCUT2D eigenvalue weighted by Crippen LogP contribution is 2.29. The molecule has 1 aromatic carbocycles. The highest BCUT2D eigenvalue weighted by Gasteiger charge is 2.30. The van der Waals surface area contributed by atoms with Crippen LogP contribution in [0.3, 0.4) is 0 Å². The van der Waals surface area contributed by atoms with Crippen molar-refractivity contribution < 1.29 is 14.5 Å². The monoisotopic (exact) mass is 300 g/mol. The molecule has 0 bridgehead atoms. The Morgan fingerprint density at radius 3 is 2.77 bits per heavy atom. The molecule has 1 aliphatic heterocycles. The smallest absolute Gasteiger partial charge is 0.363 e. The van der Waals surface area contributed by atoms with Crippen molar-refractivity contribution in [2.75, 3.05) is 0 Å². The number of nitro groups is 1. The number of benzene rings is 1. The number of cyclic esters (lactones) is 1. The molecule has 0 N–H and O–H groups in total. The lowest BCUT2D eigenvalue weighted by Gasteiger charge is -2.19. The zero-order valence-corrected chi connectivity index (χ0v) is 12.0. The summed E-state index contributed by atoms with van der Waals surface area (Å²) in [7, 11) is 0. The Kier molecular flexibility index (Phi) is 4.00. The summed E-state index contributed by atoms with van der Waals surface area (Å²) in [5.74, 6) is 0.238. The lowest BCUT2D eigenvalue weighted by molar-refractivity contribution is -0.384. The van der Waals surface area contributed by atoms with E-state index in [0.29, 0.717) is 11.5 Å². The Balaban J connectivity index is 1.84. The molecule has 1 aromatic rings. The molecule has 1 fully saturated rings. The Morgan fingerprint density at radius 2 is 2.05 bits per heavy atom. The summed E-state index contributed by atoms with van der Waals surface area (Å²) in [5.41, 5.74) is 0.757. The molecule has 0 spiro atoms. The quantitative estimate of drug-likeness (QED) is 0.370. The van der Waals surface area contributed by atoms with Crippen LogP contribution >= 0.6 is 0 Å². The predicted octanol–water partition coefficient (Wildman–Crippen LogP) is 3.47. The van der Waals surface area contributed by atoms with Gasteiger partial charge in [0.2, 0.25) is 5.90 Å². The van der Waals surface area contributed by atoms with E-state index in [0.717, 1.165) is 25.7 Å². The van der Waals surface area contributed by atoms with Gasteiger partial charge in [-0.3, -0.25) is 10.1 Å². The van der Waals surface area contributed by atoms with Crippen LogP contribution in [-0.2, 0) is 9.53 Å². The molecule has 1 heterocycles. The van der Waals surface area contributed by atoms with Crippen LogP contribution < -0.4 is 0 Å². The number of rotatable bonds is 3. The van der Waals surface area contributed by atoms with Crippen LogP contribution in [0.5, 0.6) is 0 Å². The highest BCUT2D eigenvalue weighted by atomic mass is 16.6. The zero-order chi connectivity index (χ0) is 15.5. The van der Waals surface area contributed by atoms with Gasteiger partial charge in [0.25, 0.3) is 5.69 Å². The summed E-state index contributed by atoms with van der Waals surface area (Å²) in [6.07, 6.45) is 7.00. The average Bonchev–Trinajstić information content (AvgIpc) is 2.89. The third-order valence-corrected chi connectivity index (χ3v) is 3.98. The highest BCUT2D eigenvalue weighted by molar-refractivity contribution is 6.07. The van der Waals surface area contributed by atoms with Crippen LogP contribution in [0.25, 0.3) is 6.08 Å². The van der Waals surface area contributed by atoms with Gasteiger partial charge < -0.3 is 4.74 Å². The molecule has 6 nitrogen and oxygen atoms in total. The standard InChI is InChI=1S/C16H16N2O4/c19-16-14(10-11-5-4-8-13(9-11)18(20)21)17-15(22-16)12-6-2-1-3-7-12/h4-5,8-10,12H,1-3,6-7H2/b14-10-. The van der Waals surface area contributed by atoms with Crippen molar-refractivity contribution in [1.82, 2.24) is 0 Å². The summed E-state index contributed by atoms with van der Waals surface area (Å²) in [4.78, 5) is 26.5. The number of hydrogen-bond acceptors (Lipinski definition) is 5. The molecule has 0 saturated heterocycles. The van der Waals surface area contributed by atoms with E-state index in [9.17, 15) is 14.9 Å². The minimum Gasteiger partial charge on any atom is -0.406 e. The van der Waals surface area contributed by atoms with Gasteiger partial charge in [0.15, 0.2) is 5.70 Å². The number of nitrogens with zero attached hydrogens (tertiary/aromatic N) is 2.